The third-order valence-corrected chi connectivity index (χ3v) is 2.59. The van der Waals surface area contributed by atoms with Crippen LogP contribution < -0.4 is 16.9 Å². The maximum Gasteiger partial charge on any atom is 0.396 e. The fourth-order valence-electron chi connectivity index (χ4n) is 1.68. The molecule has 0 spiro atoms. The number of hydrogen-bond acceptors (Lipinski definition) is 6. The Kier molecular flexibility index (Phi) is 5.44. The minimum Gasteiger partial charge on any atom is -0.391 e. The van der Waals surface area contributed by atoms with Crippen LogP contribution in [0.3, 0.4) is 0 Å². The van der Waals surface area contributed by atoms with Gasteiger partial charge in [-0.1, -0.05) is 25.3 Å². The fraction of sp³-hybridized carbons (Fsp3) is 0.0769. The van der Waals surface area contributed by atoms with Gasteiger partial charge < -0.3 is 11.1 Å². The molecule has 1 saturated heterocycles. The van der Waals surface area contributed by atoms with Crippen molar-refractivity contribution in [2.24, 2.45) is 11.6 Å². The summed E-state index contributed by atoms with van der Waals surface area (Å²) in [6, 6.07) is 0. The quantitative estimate of drug-likeness (QED) is 0.514. The zero-order valence-corrected chi connectivity index (χ0v) is 11.1. The molecule has 0 aliphatic carbocycles. The first kappa shape index (κ1) is 16.2. The molecule has 8 heteroatoms. The molecule has 1 heterocycles. The molecule has 0 aromatic rings. The summed E-state index contributed by atoms with van der Waals surface area (Å²) >= 11 is 0. The van der Waals surface area contributed by atoms with Crippen LogP contribution >= 0.6 is 0 Å². The van der Waals surface area contributed by atoms with Gasteiger partial charge in [-0.25, -0.2) is 15.6 Å². The van der Waals surface area contributed by atoms with Gasteiger partial charge in [0.2, 0.25) is 5.91 Å². The Labute approximate surface area is 120 Å². The molecular formula is C13H15FN4O3. The largest absolute Gasteiger partial charge is 0.396 e. The highest BCUT2D eigenvalue weighted by Crippen LogP contribution is 2.23. The molecule has 0 aromatic carbocycles. The highest BCUT2D eigenvalue weighted by Gasteiger charge is 2.28. The topological polar surface area (TPSA) is 111 Å². The van der Waals surface area contributed by atoms with E-state index in [2.05, 4.69) is 23.4 Å². The fourth-order valence-corrected chi connectivity index (χ4v) is 1.68. The standard InChI is InChI=1S/C13H15FN4O3/c1-3-5-8-9(6-4-2)18(16)10(7-11(19)17-8)12(15)13(20)21-14/h3-6H,1-2,7,15-16H2,(H,17,19)/b8-5+,9-6+,12-10-. The minimum atomic E-state index is -1.43. The second-order valence-corrected chi connectivity index (χ2v) is 3.92. The average molecular weight is 294 g/mol. The van der Waals surface area contributed by atoms with Gasteiger partial charge in [0, 0.05) is 4.53 Å². The smallest absolute Gasteiger partial charge is 0.391 e. The normalized spacial score (nSPS) is 21.6. The van der Waals surface area contributed by atoms with E-state index in [0.717, 1.165) is 5.01 Å². The van der Waals surface area contributed by atoms with Gasteiger partial charge in [0.15, 0.2) is 0 Å². The van der Waals surface area contributed by atoms with Gasteiger partial charge in [0.25, 0.3) is 0 Å². The molecule has 1 rings (SSSR count). The number of nitrogens with one attached hydrogen (secondary N) is 1. The molecule has 1 aliphatic heterocycles. The number of carbonyl (C=O) groups excluding carboxylic acids is 2. The van der Waals surface area contributed by atoms with Gasteiger partial charge in [-0.3, -0.25) is 9.80 Å². The van der Waals surface area contributed by atoms with Gasteiger partial charge in [-0.05, 0) is 12.2 Å². The van der Waals surface area contributed by atoms with Gasteiger partial charge in [-0.15, -0.1) is 0 Å². The second kappa shape index (κ2) is 7.06. The van der Waals surface area contributed by atoms with Crippen LogP contribution in [-0.2, 0) is 14.5 Å². The summed E-state index contributed by atoms with van der Waals surface area (Å²) in [7, 11) is 0. The summed E-state index contributed by atoms with van der Waals surface area (Å²) < 4.78 is 12.0. The van der Waals surface area contributed by atoms with E-state index >= 15 is 0 Å². The first-order valence-electron chi connectivity index (χ1n) is 5.78. The van der Waals surface area contributed by atoms with Crippen molar-refractivity contribution in [1.29, 1.82) is 0 Å². The molecule has 1 fully saturated rings. The summed E-state index contributed by atoms with van der Waals surface area (Å²) in [5.41, 5.74) is 5.38. The van der Waals surface area contributed by atoms with E-state index in [1.807, 2.05) is 0 Å². The molecule has 112 valence electrons. The van der Waals surface area contributed by atoms with Crippen molar-refractivity contribution in [1.82, 2.24) is 10.3 Å². The third kappa shape index (κ3) is 3.57. The summed E-state index contributed by atoms with van der Waals surface area (Å²) in [5, 5.41) is 3.55. The van der Waals surface area contributed by atoms with E-state index < -0.39 is 17.6 Å². The summed E-state index contributed by atoms with van der Waals surface area (Å²) in [6.45, 7) is 7.06. The highest BCUT2D eigenvalue weighted by atomic mass is 19.3. The Morgan fingerprint density at radius 2 is 2.00 bits per heavy atom. The van der Waals surface area contributed by atoms with Crippen LogP contribution in [0.2, 0.25) is 0 Å². The van der Waals surface area contributed by atoms with E-state index in [-0.39, 0.29) is 12.1 Å². The Morgan fingerprint density at radius 1 is 1.38 bits per heavy atom. The number of rotatable bonds is 3. The van der Waals surface area contributed by atoms with Crippen LogP contribution in [0.25, 0.3) is 0 Å². The molecule has 7 nitrogen and oxygen atoms in total. The summed E-state index contributed by atoms with van der Waals surface area (Å²) in [4.78, 5) is 26.1. The van der Waals surface area contributed by atoms with Crippen LogP contribution in [0.1, 0.15) is 6.42 Å². The average Bonchev–Trinajstić information content (AvgIpc) is 2.57. The number of hydrazine groups is 1. The van der Waals surface area contributed by atoms with Crippen molar-refractivity contribution >= 4 is 11.9 Å². The van der Waals surface area contributed by atoms with E-state index in [1.54, 1.807) is 0 Å². The maximum absolute atomic E-state index is 12.0. The summed E-state index contributed by atoms with van der Waals surface area (Å²) in [6.07, 6.45) is 5.51. The lowest BCUT2D eigenvalue weighted by atomic mass is 10.2. The number of allylic oxidation sites excluding steroid dienone is 4. The van der Waals surface area contributed by atoms with E-state index in [9.17, 15) is 14.1 Å². The number of hydrogen-bond donors (Lipinski definition) is 3. The minimum absolute atomic E-state index is 0.101. The van der Waals surface area contributed by atoms with Crippen molar-refractivity contribution in [3.63, 3.8) is 0 Å². The number of amides is 1. The molecule has 1 aliphatic rings. The number of nitrogens with two attached hydrogens (primary N) is 2. The SMILES string of the molecule is C=C/C=C1/NC(=O)C/C(=C(/N)C(=O)OF)N(N)/C1=C/C=C. The van der Waals surface area contributed by atoms with Gasteiger partial charge in [0.05, 0.1) is 23.5 Å². The lowest BCUT2D eigenvalue weighted by Gasteiger charge is -2.22. The van der Waals surface area contributed by atoms with E-state index in [4.69, 9.17) is 11.6 Å². The maximum atomic E-state index is 12.0. The number of carbonyl (C=O) groups is 2. The molecular weight excluding hydrogens is 279 g/mol. The first-order chi connectivity index (χ1) is 9.96. The Hall–Kier alpha value is -2.87. The molecule has 21 heavy (non-hydrogen) atoms. The van der Waals surface area contributed by atoms with Gasteiger partial charge in [-0.2, -0.15) is 0 Å². The highest BCUT2D eigenvalue weighted by molar-refractivity contribution is 5.90. The molecule has 1 amide bonds. The molecule has 5 N–H and O–H groups in total. The molecule has 0 bridgehead atoms. The predicted octanol–water partition coefficient (Wildman–Crippen LogP) is 0.420. The lowest BCUT2D eigenvalue weighted by Crippen LogP contribution is -2.33. The van der Waals surface area contributed by atoms with E-state index in [0.29, 0.717) is 11.4 Å². The van der Waals surface area contributed by atoms with Crippen molar-refractivity contribution in [2.45, 2.75) is 6.42 Å². The molecule has 0 aromatic heterocycles. The van der Waals surface area contributed by atoms with Crippen LogP contribution in [0.4, 0.5) is 4.53 Å². The Morgan fingerprint density at radius 3 is 2.52 bits per heavy atom. The Bertz CT molecular complexity index is 578. The number of halogens is 1. The van der Waals surface area contributed by atoms with Crippen molar-refractivity contribution in [3.8, 4) is 0 Å². The van der Waals surface area contributed by atoms with Gasteiger partial charge >= 0.3 is 5.97 Å². The zero-order chi connectivity index (χ0) is 16.0. The summed E-state index contributed by atoms with van der Waals surface area (Å²) in [5.74, 6) is 3.95. The molecule has 0 unspecified atom stereocenters. The van der Waals surface area contributed by atoms with Crippen LogP contribution in [0.5, 0.6) is 0 Å². The van der Waals surface area contributed by atoms with Crippen LogP contribution in [-0.4, -0.2) is 16.9 Å². The predicted molar refractivity (Wildman–Crippen MR) is 73.8 cm³/mol. The first-order valence-corrected chi connectivity index (χ1v) is 5.78. The lowest BCUT2D eigenvalue weighted by molar-refractivity contribution is -0.178. The zero-order valence-electron chi connectivity index (χ0n) is 11.1. The van der Waals surface area contributed by atoms with Crippen LogP contribution in [0, 0.1) is 0 Å². The van der Waals surface area contributed by atoms with Crippen molar-refractivity contribution in [2.75, 3.05) is 0 Å². The molecule has 0 saturated carbocycles. The monoisotopic (exact) mass is 294 g/mol. The number of nitrogens with zero attached hydrogens (tertiary/aromatic N) is 1. The Balaban J connectivity index is 3.46. The van der Waals surface area contributed by atoms with E-state index in [1.165, 1.54) is 24.3 Å². The second-order valence-electron chi connectivity index (χ2n) is 3.92. The molecule has 0 radical (unpaired) electrons. The molecule has 0 atom stereocenters. The third-order valence-electron chi connectivity index (χ3n) is 2.59. The van der Waals surface area contributed by atoms with Crippen molar-refractivity contribution < 1.29 is 19.1 Å². The van der Waals surface area contributed by atoms with Gasteiger partial charge in [0.1, 0.15) is 5.70 Å². The van der Waals surface area contributed by atoms with Crippen LogP contribution in [0.15, 0.2) is 60.3 Å². The van der Waals surface area contributed by atoms with Crippen molar-refractivity contribution in [3.05, 3.63) is 60.3 Å².